The Morgan fingerprint density at radius 1 is 1.32 bits per heavy atom. The van der Waals surface area contributed by atoms with E-state index in [0.717, 1.165) is 31.4 Å². The zero-order valence-electron chi connectivity index (χ0n) is 17.0. The summed E-state index contributed by atoms with van der Waals surface area (Å²) < 4.78 is 13.1. The predicted molar refractivity (Wildman–Crippen MR) is 107 cm³/mol. The van der Waals surface area contributed by atoms with Gasteiger partial charge in [0.1, 0.15) is 12.0 Å². The molecule has 1 aliphatic carbocycles. The van der Waals surface area contributed by atoms with Crippen molar-refractivity contribution >= 4 is 5.91 Å². The number of ether oxygens (including phenoxy) is 2. The monoisotopic (exact) mass is 389 g/mol. The minimum absolute atomic E-state index is 0. The summed E-state index contributed by atoms with van der Waals surface area (Å²) in [6, 6.07) is 1.84. The van der Waals surface area contributed by atoms with Crippen LogP contribution in [0.3, 0.4) is 0 Å². The number of imidazole rings is 1. The Morgan fingerprint density at radius 3 is 2.71 bits per heavy atom. The lowest BCUT2D eigenvalue weighted by Crippen LogP contribution is -2.40. The lowest BCUT2D eigenvalue weighted by atomic mass is 9.92. The molecule has 0 saturated heterocycles. The number of hydrogen-bond acceptors (Lipinski definition) is 6. The highest BCUT2D eigenvalue weighted by atomic mass is 16.5. The summed E-state index contributed by atoms with van der Waals surface area (Å²) in [5.41, 5.74) is 0.834. The van der Waals surface area contributed by atoms with Gasteiger partial charge in [-0.2, -0.15) is 0 Å². The van der Waals surface area contributed by atoms with E-state index < -0.39 is 0 Å². The van der Waals surface area contributed by atoms with Crippen LogP contribution in [0.1, 0.15) is 57.1 Å². The largest absolute Gasteiger partial charge is 0.376 e. The second kappa shape index (κ2) is 8.79. The molecule has 1 saturated carbocycles. The fraction of sp³-hybridized carbons (Fsp3) is 0.600. The van der Waals surface area contributed by atoms with Gasteiger partial charge in [0, 0.05) is 32.7 Å². The maximum atomic E-state index is 12.7. The molecule has 0 bridgehead atoms. The first-order chi connectivity index (χ1) is 13.4. The van der Waals surface area contributed by atoms with Gasteiger partial charge >= 0.3 is 0 Å². The Kier molecular flexibility index (Phi) is 6.41. The van der Waals surface area contributed by atoms with Crippen LogP contribution >= 0.6 is 0 Å². The van der Waals surface area contributed by atoms with E-state index in [2.05, 4.69) is 20.3 Å². The second-order valence-corrected chi connectivity index (χ2v) is 7.89. The highest BCUT2D eigenvalue weighted by Gasteiger charge is 2.26. The van der Waals surface area contributed by atoms with Gasteiger partial charge in [-0.05, 0) is 52.5 Å². The van der Waals surface area contributed by atoms with E-state index in [4.69, 9.17) is 9.47 Å². The van der Waals surface area contributed by atoms with Gasteiger partial charge in [0.15, 0.2) is 0 Å². The number of amides is 1. The quantitative estimate of drug-likeness (QED) is 0.783. The number of aromatic nitrogens is 4. The third-order valence-corrected chi connectivity index (χ3v) is 5.04. The molecular weight excluding hydrogens is 358 g/mol. The molecule has 28 heavy (non-hydrogen) atoms. The summed E-state index contributed by atoms with van der Waals surface area (Å²) in [4.78, 5) is 25.4. The standard InChI is InChI=1S/C20H29N5O3.H2/c1-14-11-17(24-19(22-14)25-10-9-21-13-25)18(26)23-15-5-7-16(8-6-15)28-12-20(2,3)27-4;/h9-11,13,15-16H,5-8,12H2,1-4H3,(H,23,26);1H. The van der Waals surface area contributed by atoms with Gasteiger partial charge in [0.25, 0.3) is 5.91 Å². The smallest absolute Gasteiger partial charge is 0.270 e. The zero-order chi connectivity index (χ0) is 20.1. The van der Waals surface area contributed by atoms with Gasteiger partial charge in [0.05, 0.1) is 18.3 Å². The van der Waals surface area contributed by atoms with Crippen LogP contribution in [0.5, 0.6) is 0 Å². The molecule has 2 aromatic rings. The van der Waals surface area contributed by atoms with E-state index in [0.29, 0.717) is 18.2 Å². The van der Waals surface area contributed by atoms with Crippen molar-refractivity contribution in [3.8, 4) is 5.95 Å². The molecule has 8 heteroatoms. The number of carbonyl (C=O) groups excluding carboxylic acids is 1. The SMILES string of the molecule is COC(C)(C)COC1CCC(NC(=O)c2cc(C)nc(-n3ccnc3)n2)CC1.[HH]. The minimum atomic E-state index is -0.275. The molecule has 2 aromatic heterocycles. The van der Waals surface area contributed by atoms with E-state index in [1.54, 1.807) is 36.5 Å². The van der Waals surface area contributed by atoms with Crippen LogP contribution in [0.15, 0.2) is 24.8 Å². The molecule has 3 rings (SSSR count). The second-order valence-electron chi connectivity index (χ2n) is 7.89. The van der Waals surface area contributed by atoms with Gasteiger partial charge in [-0.15, -0.1) is 0 Å². The number of rotatable bonds is 7. The molecule has 0 spiro atoms. The van der Waals surface area contributed by atoms with E-state index >= 15 is 0 Å². The lowest BCUT2D eigenvalue weighted by molar-refractivity contribution is -0.0833. The fourth-order valence-electron chi connectivity index (χ4n) is 3.17. The third kappa shape index (κ3) is 5.36. The Balaban J connectivity index is 0.00000300. The van der Waals surface area contributed by atoms with E-state index in [1.165, 1.54) is 0 Å². The van der Waals surface area contributed by atoms with Crippen LogP contribution in [0.4, 0.5) is 0 Å². The van der Waals surface area contributed by atoms with Gasteiger partial charge < -0.3 is 14.8 Å². The van der Waals surface area contributed by atoms with Crippen molar-refractivity contribution < 1.29 is 15.7 Å². The number of aryl methyl sites for hydroxylation is 1. The van der Waals surface area contributed by atoms with Crippen LogP contribution in [-0.2, 0) is 9.47 Å². The fourth-order valence-corrected chi connectivity index (χ4v) is 3.17. The molecule has 8 nitrogen and oxygen atoms in total. The molecule has 1 fully saturated rings. The zero-order valence-corrected chi connectivity index (χ0v) is 17.0. The van der Waals surface area contributed by atoms with Crippen molar-refractivity contribution in [3.63, 3.8) is 0 Å². The molecule has 1 N–H and O–H groups in total. The van der Waals surface area contributed by atoms with Gasteiger partial charge in [-0.3, -0.25) is 9.36 Å². The Hall–Kier alpha value is -2.32. The van der Waals surface area contributed by atoms with Gasteiger partial charge in [0.2, 0.25) is 5.95 Å². The van der Waals surface area contributed by atoms with Crippen LogP contribution in [-0.4, -0.2) is 56.9 Å². The number of nitrogens with zero attached hydrogens (tertiary/aromatic N) is 4. The Bertz CT molecular complexity index is 789. The summed E-state index contributed by atoms with van der Waals surface area (Å²) in [6.07, 6.45) is 8.87. The Morgan fingerprint density at radius 2 is 2.07 bits per heavy atom. The van der Waals surface area contributed by atoms with Crippen molar-refractivity contribution in [1.82, 2.24) is 24.8 Å². The summed E-state index contributed by atoms with van der Waals surface area (Å²) in [6.45, 7) is 6.45. The first-order valence-electron chi connectivity index (χ1n) is 9.68. The highest BCUT2D eigenvalue weighted by molar-refractivity contribution is 5.92. The van der Waals surface area contributed by atoms with Crippen LogP contribution < -0.4 is 5.32 Å². The normalized spacial score (nSPS) is 20.1. The Labute approximate surface area is 167 Å². The first-order valence-corrected chi connectivity index (χ1v) is 9.68. The van der Waals surface area contributed by atoms with Crippen LogP contribution in [0, 0.1) is 6.92 Å². The maximum Gasteiger partial charge on any atom is 0.270 e. The number of nitrogens with one attached hydrogen (secondary N) is 1. The van der Waals surface area contributed by atoms with Gasteiger partial charge in [-0.1, -0.05) is 0 Å². The summed E-state index contributed by atoms with van der Waals surface area (Å²) >= 11 is 0. The first kappa shape index (κ1) is 20.4. The minimum Gasteiger partial charge on any atom is -0.376 e. The van der Waals surface area contributed by atoms with E-state index in [9.17, 15) is 4.79 Å². The lowest BCUT2D eigenvalue weighted by Gasteiger charge is -2.31. The van der Waals surface area contributed by atoms with E-state index in [1.807, 2.05) is 20.8 Å². The average molecular weight is 390 g/mol. The maximum absolute atomic E-state index is 12.7. The van der Waals surface area contributed by atoms with Crippen LogP contribution in [0.25, 0.3) is 5.95 Å². The molecule has 0 aromatic carbocycles. The van der Waals surface area contributed by atoms with Gasteiger partial charge in [-0.25, -0.2) is 15.0 Å². The van der Waals surface area contributed by atoms with Crippen molar-refractivity contribution in [2.75, 3.05) is 13.7 Å². The summed E-state index contributed by atoms with van der Waals surface area (Å²) in [5, 5.41) is 3.10. The molecule has 0 radical (unpaired) electrons. The highest BCUT2D eigenvalue weighted by Crippen LogP contribution is 2.23. The predicted octanol–water partition coefficient (Wildman–Crippen LogP) is 2.70. The molecule has 154 valence electrons. The molecule has 0 atom stereocenters. The third-order valence-electron chi connectivity index (χ3n) is 5.04. The number of methoxy groups -OCH3 is 1. The molecular formula is C20H31N5O3. The summed E-state index contributed by atoms with van der Waals surface area (Å²) in [7, 11) is 1.70. The molecule has 0 aliphatic heterocycles. The number of hydrogen-bond donors (Lipinski definition) is 1. The van der Waals surface area contributed by atoms with E-state index in [-0.39, 0.29) is 25.1 Å². The number of carbonyl (C=O) groups is 1. The topological polar surface area (TPSA) is 91.2 Å². The molecule has 1 amide bonds. The molecule has 1 aliphatic rings. The summed E-state index contributed by atoms with van der Waals surface area (Å²) in [5.74, 6) is 0.275. The molecule has 2 heterocycles. The average Bonchev–Trinajstić information content (AvgIpc) is 3.22. The van der Waals surface area contributed by atoms with Crippen molar-refractivity contribution in [2.24, 2.45) is 0 Å². The van der Waals surface area contributed by atoms with Crippen molar-refractivity contribution in [1.29, 1.82) is 0 Å². The molecule has 0 unspecified atom stereocenters. The van der Waals surface area contributed by atoms with Crippen LogP contribution in [0.2, 0.25) is 0 Å². The van der Waals surface area contributed by atoms with Crippen molar-refractivity contribution in [3.05, 3.63) is 36.2 Å². The van der Waals surface area contributed by atoms with Crippen molar-refractivity contribution in [2.45, 2.75) is 64.2 Å².